The van der Waals surface area contributed by atoms with E-state index in [0.717, 1.165) is 13.0 Å². The van der Waals surface area contributed by atoms with Crippen LogP contribution >= 0.6 is 0 Å². The fourth-order valence-corrected chi connectivity index (χ4v) is 1.79. The number of aliphatic hydroxyl groups excluding tert-OH is 1. The molecular formula is C9H17NO4. The number of carboxylic acids is 1. The van der Waals surface area contributed by atoms with Crippen LogP contribution in [0.15, 0.2) is 0 Å². The summed E-state index contributed by atoms with van der Waals surface area (Å²) in [5.74, 6) is -0.640. The van der Waals surface area contributed by atoms with Gasteiger partial charge in [0.05, 0.1) is 6.61 Å². The van der Waals surface area contributed by atoms with Crippen molar-refractivity contribution in [2.45, 2.75) is 12.5 Å². The number of hydrogen-bond donors (Lipinski definition) is 2. The van der Waals surface area contributed by atoms with Gasteiger partial charge in [-0.05, 0) is 18.9 Å². The van der Waals surface area contributed by atoms with Gasteiger partial charge in [0.15, 0.2) is 0 Å². The van der Waals surface area contributed by atoms with E-state index >= 15 is 0 Å². The molecule has 14 heavy (non-hydrogen) atoms. The van der Waals surface area contributed by atoms with E-state index in [9.17, 15) is 4.79 Å². The highest BCUT2D eigenvalue weighted by molar-refractivity contribution is 5.73. The zero-order chi connectivity index (χ0) is 10.6. The molecule has 1 aliphatic heterocycles. The van der Waals surface area contributed by atoms with Crippen LogP contribution in [-0.2, 0) is 9.53 Å². The number of nitrogens with zero attached hydrogens (tertiary/aromatic N) is 1. The maximum atomic E-state index is 10.9. The number of hydrogen-bond acceptors (Lipinski definition) is 4. The molecule has 0 aromatic carbocycles. The van der Waals surface area contributed by atoms with E-state index in [2.05, 4.69) is 0 Å². The lowest BCUT2D eigenvalue weighted by Gasteiger charge is -2.23. The first-order chi connectivity index (χ1) is 6.69. The third kappa shape index (κ3) is 2.67. The van der Waals surface area contributed by atoms with Gasteiger partial charge in [-0.3, -0.25) is 9.69 Å². The van der Waals surface area contributed by atoms with Crippen molar-refractivity contribution in [1.82, 2.24) is 4.90 Å². The number of rotatable bonds is 5. The monoisotopic (exact) mass is 203 g/mol. The Morgan fingerprint density at radius 1 is 1.71 bits per heavy atom. The molecule has 2 N–H and O–H groups in total. The van der Waals surface area contributed by atoms with Crippen molar-refractivity contribution in [2.24, 2.45) is 5.92 Å². The maximum absolute atomic E-state index is 10.9. The number of aliphatic hydroxyl groups is 1. The molecule has 1 saturated heterocycles. The lowest BCUT2D eigenvalue weighted by molar-refractivity contribution is -0.144. The van der Waals surface area contributed by atoms with Crippen LogP contribution in [0, 0.1) is 5.92 Å². The zero-order valence-corrected chi connectivity index (χ0v) is 8.35. The van der Waals surface area contributed by atoms with Gasteiger partial charge in [0.25, 0.3) is 0 Å². The summed E-state index contributed by atoms with van der Waals surface area (Å²) >= 11 is 0. The summed E-state index contributed by atoms with van der Waals surface area (Å²) in [6, 6.07) is -0.573. The Hall–Kier alpha value is -0.650. The van der Waals surface area contributed by atoms with Gasteiger partial charge in [-0.25, -0.2) is 0 Å². The summed E-state index contributed by atoms with van der Waals surface area (Å²) in [7, 11) is 1.50. The lowest BCUT2D eigenvalue weighted by atomic mass is 10.1. The molecule has 0 bridgehead atoms. The van der Waals surface area contributed by atoms with Crippen molar-refractivity contribution in [3.05, 3.63) is 0 Å². The van der Waals surface area contributed by atoms with Gasteiger partial charge in [-0.1, -0.05) is 0 Å². The molecule has 0 radical (unpaired) electrons. The summed E-state index contributed by atoms with van der Waals surface area (Å²) in [6.45, 7) is 1.71. The van der Waals surface area contributed by atoms with Gasteiger partial charge in [0, 0.05) is 20.3 Å². The molecule has 0 saturated carbocycles. The molecule has 5 heteroatoms. The fourth-order valence-electron chi connectivity index (χ4n) is 1.79. The second kappa shape index (κ2) is 5.29. The van der Waals surface area contributed by atoms with E-state index in [1.54, 1.807) is 0 Å². The van der Waals surface area contributed by atoms with Crippen molar-refractivity contribution in [2.75, 3.05) is 33.4 Å². The van der Waals surface area contributed by atoms with Gasteiger partial charge < -0.3 is 14.9 Å². The van der Waals surface area contributed by atoms with Crippen molar-refractivity contribution < 1.29 is 19.7 Å². The maximum Gasteiger partial charge on any atom is 0.323 e. The topological polar surface area (TPSA) is 70.0 Å². The minimum atomic E-state index is -0.856. The molecule has 1 heterocycles. The molecule has 1 fully saturated rings. The van der Waals surface area contributed by atoms with Crippen LogP contribution in [-0.4, -0.2) is 60.5 Å². The van der Waals surface area contributed by atoms with Crippen LogP contribution in [0.2, 0.25) is 0 Å². The number of aliphatic carboxylic acids is 1. The summed E-state index contributed by atoms with van der Waals surface area (Å²) in [5.41, 5.74) is 0. The Labute approximate surface area is 83.3 Å². The standard InChI is InChI=1S/C9H17NO4/c1-14-6-8(9(12)13)10-3-2-7(4-10)5-11/h7-8,11H,2-6H2,1H3,(H,12,13). The van der Waals surface area contributed by atoms with Crippen LogP contribution in [0.3, 0.4) is 0 Å². The average molecular weight is 203 g/mol. The highest BCUT2D eigenvalue weighted by atomic mass is 16.5. The Morgan fingerprint density at radius 2 is 2.43 bits per heavy atom. The highest BCUT2D eigenvalue weighted by Gasteiger charge is 2.31. The van der Waals surface area contributed by atoms with E-state index in [1.807, 2.05) is 4.90 Å². The van der Waals surface area contributed by atoms with E-state index in [1.165, 1.54) is 7.11 Å². The summed E-state index contributed by atoms with van der Waals surface area (Å²) in [4.78, 5) is 12.7. The number of likely N-dealkylation sites (tertiary alicyclic amines) is 1. The van der Waals surface area contributed by atoms with Crippen molar-refractivity contribution in [1.29, 1.82) is 0 Å². The highest BCUT2D eigenvalue weighted by Crippen LogP contribution is 2.18. The molecule has 0 amide bonds. The first-order valence-electron chi connectivity index (χ1n) is 4.75. The smallest absolute Gasteiger partial charge is 0.323 e. The fraction of sp³-hybridized carbons (Fsp3) is 0.889. The summed E-state index contributed by atoms with van der Waals surface area (Å²) < 4.78 is 4.86. The Kier molecular flexibility index (Phi) is 4.31. The molecule has 5 nitrogen and oxygen atoms in total. The van der Waals surface area contributed by atoms with Crippen molar-refractivity contribution in [3.63, 3.8) is 0 Å². The molecular weight excluding hydrogens is 186 g/mol. The lowest BCUT2D eigenvalue weighted by Crippen LogP contribution is -2.43. The van der Waals surface area contributed by atoms with Crippen LogP contribution in [0.4, 0.5) is 0 Å². The van der Waals surface area contributed by atoms with Gasteiger partial charge >= 0.3 is 5.97 Å². The minimum Gasteiger partial charge on any atom is -0.480 e. The predicted molar refractivity (Wildman–Crippen MR) is 50.1 cm³/mol. The van der Waals surface area contributed by atoms with Crippen molar-refractivity contribution >= 4 is 5.97 Å². The molecule has 82 valence electrons. The SMILES string of the molecule is COCC(C(=O)O)N1CCC(CO)C1. The summed E-state index contributed by atoms with van der Waals surface area (Å²) in [5, 5.41) is 17.9. The van der Waals surface area contributed by atoms with Gasteiger partial charge in [-0.15, -0.1) is 0 Å². The average Bonchev–Trinajstić information content (AvgIpc) is 2.61. The molecule has 0 spiro atoms. The molecule has 0 aliphatic carbocycles. The van der Waals surface area contributed by atoms with E-state index in [0.29, 0.717) is 6.54 Å². The van der Waals surface area contributed by atoms with Crippen LogP contribution in [0.25, 0.3) is 0 Å². The minimum absolute atomic E-state index is 0.135. The Morgan fingerprint density at radius 3 is 2.86 bits per heavy atom. The van der Waals surface area contributed by atoms with E-state index in [-0.39, 0.29) is 19.1 Å². The van der Waals surface area contributed by atoms with E-state index < -0.39 is 12.0 Å². The number of methoxy groups -OCH3 is 1. The number of carbonyl (C=O) groups is 1. The van der Waals surface area contributed by atoms with Gasteiger partial charge in [-0.2, -0.15) is 0 Å². The molecule has 2 atom stereocenters. The molecule has 2 unspecified atom stereocenters. The quantitative estimate of drug-likeness (QED) is 0.624. The molecule has 0 aromatic rings. The van der Waals surface area contributed by atoms with Crippen LogP contribution in [0.1, 0.15) is 6.42 Å². The first kappa shape index (κ1) is 11.4. The molecule has 1 aliphatic rings. The zero-order valence-electron chi connectivity index (χ0n) is 8.35. The second-order valence-corrected chi connectivity index (χ2v) is 3.64. The van der Waals surface area contributed by atoms with E-state index in [4.69, 9.17) is 14.9 Å². The van der Waals surface area contributed by atoms with Crippen LogP contribution in [0.5, 0.6) is 0 Å². The summed E-state index contributed by atoms with van der Waals surface area (Å²) in [6.07, 6.45) is 0.865. The normalized spacial score (nSPS) is 25.1. The van der Waals surface area contributed by atoms with Crippen LogP contribution < -0.4 is 0 Å². The molecule has 0 aromatic heterocycles. The van der Waals surface area contributed by atoms with Crippen molar-refractivity contribution in [3.8, 4) is 0 Å². The number of carboxylic acid groups (broad SMARTS) is 1. The second-order valence-electron chi connectivity index (χ2n) is 3.64. The largest absolute Gasteiger partial charge is 0.480 e. The third-order valence-electron chi connectivity index (χ3n) is 2.63. The Balaban J connectivity index is 2.48. The van der Waals surface area contributed by atoms with Gasteiger partial charge in [0.1, 0.15) is 6.04 Å². The predicted octanol–water partition coefficient (Wildman–Crippen LogP) is -0.600. The number of ether oxygens (including phenoxy) is 1. The first-order valence-corrected chi connectivity index (χ1v) is 4.75. The third-order valence-corrected chi connectivity index (χ3v) is 2.63. The van der Waals surface area contributed by atoms with Gasteiger partial charge in [0.2, 0.25) is 0 Å². The Bertz CT molecular complexity index is 197. The molecule has 1 rings (SSSR count).